The van der Waals surface area contributed by atoms with Gasteiger partial charge in [-0.15, -0.1) is 0 Å². The van der Waals surface area contributed by atoms with Crippen molar-refractivity contribution >= 4 is 13.6 Å². The van der Waals surface area contributed by atoms with Crippen LogP contribution in [0.1, 0.15) is 41.8 Å². The molecule has 0 saturated carbocycles. The first-order valence-corrected chi connectivity index (χ1v) is 13.0. The summed E-state index contributed by atoms with van der Waals surface area (Å²) in [6.07, 6.45) is 2.78. The van der Waals surface area contributed by atoms with Crippen molar-refractivity contribution in [2.24, 2.45) is 0 Å². The van der Waals surface area contributed by atoms with Crippen LogP contribution < -0.4 is 10.3 Å². The molecule has 0 spiro atoms. The van der Waals surface area contributed by atoms with Crippen LogP contribution in [0.5, 0.6) is 0 Å². The predicted octanol–water partition coefficient (Wildman–Crippen LogP) is 4.60. The van der Waals surface area contributed by atoms with E-state index < -0.39 is 20.2 Å². The molecule has 0 fully saturated rings. The van der Waals surface area contributed by atoms with Gasteiger partial charge < -0.3 is 14.3 Å². The number of nitrogen functional groups attached to an aromatic ring is 1. The molecule has 0 unspecified atom stereocenters. The zero-order valence-corrected chi connectivity index (χ0v) is 21.3. The van der Waals surface area contributed by atoms with Crippen molar-refractivity contribution in [3.63, 3.8) is 0 Å². The van der Waals surface area contributed by atoms with E-state index in [2.05, 4.69) is 14.6 Å². The van der Waals surface area contributed by atoms with Crippen LogP contribution in [0, 0.1) is 0 Å². The fourth-order valence-corrected chi connectivity index (χ4v) is 4.14. The maximum absolute atomic E-state index is 12.9. The lowest BCUT2D eigenvalue weighted by Gasteiger charge is -2.20. The summed E-state index contributed by atoms with van der Waals surface area (Å²) in [5.74, 6) is 0.642. The molecule has 2 heterocycles. The van der Waals surface area contributed by atoms with Gasteiger partial charge in [-0.3, -0.25) is 5.73 Å². The van der Waals surface area contributed by atoms with E-state index in [1.54, 1.807) is 38.2 Å². The summed E-state index contributed by atoms with van der Waals surface area (Å²) in [7, 11) is -4.64. The van der Waals surface area contributed by atoms with Crippen molar-refractivity contribution in [1.29, 1.82) is 0 Å². The molecule has 0 amide bonds. The molecule has 37 heavy (non-hydrogen) atoms. The molecule has 194 valence electrons. The van der Waals surface area contributed by atoms with E-state index >= 15 is 0 Å². The molecule has 0 bridgehead atoms. The van der Waals surface area contributed by atoms with Crippen LogP contribution in [0.4, 0.5) is 10.3 Å². The smallest absolute Gasteiger partial charge is 0.356 e. The van der Waals surface area contributed by atoms with Crippen LogP contribution in [0.25, 0.3) is 11.3 Å². The van der Waals surface area contributed by atoms with Crippen LogP contribution >= 0.6 is 7.82 Å². The average Bonchev–Trinajstić information content (AvgIpc) is 3.32. The van der Waals surface area contributed by atoms with Gasteiger partial charge in [0.1, 0.15) is 11.2 Å². The summed E-state index contributed by atoms with van der Waals surface area (Å²) >= 11 is 0. The quantitative estimate of drug-likeness (QED) is 0.201. The third-order valence-electron chi connectivity index (χ3n) is 5.94. The Hall–Kier alpha value is -3.40. The summed E-state index contributed by atoms with van der Waals surface area (Å²) in [6.45, 7) is 2.95. The van der Waals surface area contributed by atoms with Gasteiger partial charge in [-0.2, -0.15) is 4.94 Å². The Balaban J connectivity index is 1.43. The Labute approximate surface area is 213 Å². The molecule has 2 aromatic carbocycles. The molecule has 0 aliphatic heterocycles. The fraction of sp³-hybridized carbons (Fsp3) is 0.231. The minimum absolute atomic E-state index is 0.216. The average molecular weight is 528 g/mol. The second-order valence-electron chi connectivity index (χ2n) is 9.17. The number of hydrogen-bond donors (Lipinski definition) is 3. The topological polar surface area (TPSA) is 132 Å². The highest BCUT2D eigenvalue weighted by atomic mass is 31.2. The van der Waals surface area contributed by atoms with E-state index in [0.717, 1.165) is 22.3 Å². The second kappa shape index (κ2) is 10.9. The van der Waals surface area contributed by atoms with Crippen molar-refractivity contribution in [3.05, 3.63) is 101 Å². The highest BCUT2D eigenvalue weighted by Crippen LogP contribution is 2.35. The first-order chi connectivity index (χ1) is 17.5. The fourth-order valence-electron chi connectivity index (χ4n) is 3.86. The molecule has 9 nitrogen and oxygen atoms in total. The van der Waals surface area contributed by atoms with E-state index in [-0.39, 0.29) is 5.82 Å². The molecule has 4 aromatic rings. The Bertz CT molecular complexity index is 1420. The summed E-state index contributed by atoms with van der Waals surface area (Å²) in [6, 6.07) is 21.0. The van der Waals surface area contributed by atoms with Crippen LogP contribution in [-0.2, 0) is 39.2 Å². The number of rotatable bonds is 10. The molecular weight excluding hydrogens is 500 g/mol. The normalized spacial score (nSPS) is 12.1. The summed E-state index contributed by atoms with van der Waals surface area (Å²) in [5, 5.41) is 4.14. The zero-order valence-electron chi connectivity index (χ0n) is 20.4. The minimum atomic E-state index is -4.64. The monoisotopic (exact) mass is 528 g/mol. The summed E-state index contributed by atoms with van der Waals surface area (Å²) in [5.41, 5.74) is 10.3. The third kappa shape index (κ3) is 6.88. The predicted molar refractivity (Wildman–Crippen MR) is 133 cm³/mol. The number of phosphoric ester groups is 1. The maximum atomic E-state index is 12.9. The lowest BCUT2D eigenvalue weighted by Crippen LogP contribution is -2.38. The van der Waals surface area contributed by atoms with Crippen molar-refractivity contribution < 1.29 is 37.4 Å². The van der Waals surface area contributed by atoms with Gasteiger partial charge >= 0.3 is 7.82 Å². The first kappa shape index (κ1) is 26.7. The maximum Gasteiger partial charge on any atom is 0.472 e. The molecule has 0 aliphatic rings. The number of nitrogens with zero attached hydrogens (tertiary/aromatic N) is 2. The number of nitrogens with two attached hydrogens (primary N) is 1. The van der Waals surface area contributed by atoms with E-state index in [1.165, 1.54) is 4.57 Å². The number of aromatic nitrogens is 2. The molecule has 2 aromatic heterocycles. The summed E-state index contributed by atoms with van der Waals surface area (Å²) in [4.78, 5) is 22.0. The second-order valence-corrected chi connectivity index (χ2v) is 10.4. The number of halogens is 1. The van der Waals surface area contributed by atoms with Gasteiger partial charge in [0.05, 0.1) is 11.9 Å². The van der Waals surface area contributed by atoms with Crippen LogP contribution in [0.15, 0.2) is 77.4 Å². The lowest BCUT2D eigenvalue weighted by molar-refractivity contribution is -0.711. The van der Waals surface area contributed by atoms with Gasteiger partial charge in [0.25, 0.3) is 5.82 Å². The molecule has 4 N–H and O–H groups in total. The number of benzene rings is 2. The van der Waals surface area contributed by atoms with Gasteiger partial charge in [0.2, 0.25) is 6.73 Å². The lowest BCUT2D eigenvalue weighted by atomic mass is 9.94. The molecule has 11 heteroatoms. The van der Waals surface area contributed by atoms with Crippen molar-refractivity contribution in [2.45, 2.75) is 39.0 Å². The summed E-state index contributed by atoms with van der Waals surface area (Å²) < 4.78 is 35.3. The molecular formula is C26H28FN3O6P+. The highest BCUT2D eigenvalue weighted by Gasteiger charge is 2.23. The molecule has 4 rings (SSSR count). The van der Waals surface area contributed by atoms with E-state index in [9.17, 15) is 9.09 Å². The Morgan fingerprint density at radius 2 is 1.73 bits per heavy atom. The van der Waals surface area contributed by atoms with Crippen LogP contribution in [0.3, 0.4) is 0 Å². The van der Waals surface area contributed by atoms with Crippen molar-refractivity contribution in [1.82, 2.24) is 5.16 Å². The van der Waals surface area contributed by atoms with Gasteiger partial charge in [0.15, 0.2) is 5.76 Å². The molecule has 0 saturated heterocycles. The number of anilines is 1. The van der Waals surface area contributed by atoms with Gasteiger partial charge in [-0.05, 0) is 59.2 Å². The standard InChI is InChI=1S/C26H27FN3O6P/c1-26(2,36-27)21-6-3-5-20(14-21)13-18-8-10-19(11-9-18)15-22-16-24(35-29-22)23-7-4-12-30(25(23)28)17-34-37(31,32)33/h3-12,14,16,28H,13,15,17H2,1-2H3,(H2,31,32,33)/p+1. The molecule has 0 aliphatic carbocycles. The van der Waals surface area contributed by atoms with Gasteiger partial charge in [-0.1, -0.05) is 53.7 Å². The van der Waals surface area contributed by atoms with Crippen molar-refractivity contribution in [2.75, 3.05) is 5.73 Å². The molecule has 0 radical (unpaired) electrons. The SMILES string of the molecule is CC(C)(OF)c1cccc(Cc2ccc(Cc3cc(-c4ccc[n+](COP(=O)(O)O)c4N)on3)cc2)c1. The van der Waals surface area contributed by atoms with Gasteiger partial charge in [0, 0.05) is 12.5 Å². The third-order valence-corrected chi connectivity index (χ3v) is 6.39. The molecule has 0 atom stereocenters. The largest absolute Gasteiger partial charge is 0.472 e. The Kier molecular flexibility index (Phi) is 7.87. The number of pyridine rings is 1. The van der Waals surface area contributed by atoms with Gasteiger partial charge in [-0.25, -0.2) is 13.7 Å². The Morgan fingerprint density at radius 3 is 2.41 bits per heavy atom. The van der Waals surface area contributed by atoms with E-state index in [0.29, 0.717) is 29.9 Å². The minimum Gasteiger partial charge on any atom is -0.356 e. The van der Waals surface area contributed by atoms with Crippen LogP contribution in [-0.4, -0.2) is 14.9 Å². The first-order valence-electron chi connectivity index (χ1n) is 11.4. The van der Waals surface area contributed by atoms with E-state index in [1.807, 2.05) is 48.5 Å². The number of hydrogen-bond acceptors (Lipinski definition) is 6. The van der Waals surface area contributed by atoms with E-state index in [4.69, 9.17) is 20.0 Å². The highest BCUT2D eigenvalue weighted by molar-refractivity contribution is 7.46. The van der Waals surface area contributed by atoms with Crippen LogP contribution in [0.2, 0.25) is 0 Å². The Morgan fingerprint density at radius 1 is 1.03 bits per heavy atom. The number of phosphoric acid groups is 1. The van der Waals surface area contributed by atoms with Crippen molar-refractivity contribution in [3.8, 4) is 11.3 Å². The zero-order chi connectivity index (χ0) is 26.6.